The lowest BCUT2D eigenvalue weighted by Crippen LogP contribution is -2.12. The average molecular weight is 198 g/mol. The summed E-state index contributed by atoms with van der Waals surface area (Å²) in [4.78, 5) is 0. The lowest BCUT2D eigenvalue weighted by Gasteiger charge is -2.09. The highest BCUT2D eigenvalue weighted by molar-refractivity contribution is 5.82. The molecule has 1 aromatic rings. The molecule has 6 nitrogen and oxygen atoms in total. The molecule has 1 rings (SSSR count). The highest BCUT2D eigenvalue weighted by Gasteiger charge is 2.16. The summed E-state index contributed by atoms with van der Waals surface area (Å²) in [6.45, 7) is 0. The number of nitrogens with one attached hydrogen (secondary N) is 1. The van der Waals surface area contributed by atoms with Crippen LogP contribution in [0.3, 0.4) is 0 Å². The fourth-order valence-corrected chi connectivity index (χ4v) is 1.05. The minimum absolute atomic E-state index is 0.171. The Bertz CT molecular complexity index is 363. The molecule has 0 bridgehead atoms. The second-order valence-corrected chi connectivity index (χ2v) is 2.79. The molecule has 0 aliphatic heterocycles. The van der Waals surface area contributed by atoms with Gasteiger partial charge in [-0.3, -0.25) is 5.41 Å². The maximum absolute atomic E-state index is 9.28. The third-order valence-corrected chi connectivity index (χ3v) is 1.70. The average Bonchev–Trinajstić information content (AvgIpc) is 2.09. The van der Waals surface area contributed by atoms with Crippen LogP contribution in [0.2, 0.25) is 0 Å². The normalized spacial score (nSPS) is 10.0. The molecule has 1 aromatic carbocycles. The van der Waals surface area contributed by atoms with Crippen LogP contribution in [0.4, 0.5) is 0 Å². The van der Waals surface area contributed by atoms with Crippen molar-refractivity contribution >= 4 is 5.84 Å². The number of amidine groups is 1. The standard InChI is InChI=1S/C8H10N2O4/c9-6(10)1-3-7(13)4(11)2-5(12)8(3)14/h2,11-14H,1H2,(H3,9,10). The Kier molecular flexibility index (Phi) is 2.37. The summed E-state index contributed by atoms with van der Waals surface area (Å²) in [6, 6.07) is 0.800. The van der Waals surface area contributed by atoms with E-state index < -0.39 is 23.0 Å². The Balaban J connectivity index is 3.31. The van der Waals surface area contributed by atoms with Crippen LogP contribution in [0.1, 0.15) is 5.56 Å². The lowest BCUT2D eigenvalue weighted by molar-refractivity contribution is 0.367. The third-order valence-electron chi connectivity index (χ3n) is 1.70. The molecule has 0 aliphatic carbocycles. The zero-order chi connectivity index (χ0) is 10.9. The molecule has 0 spiro atoms. The van der Waals surface area contributed by atoms with Gasteiger partial charge in [-0.1, -0.05) is 0 Å². The van der Waals surface area contributed by atoms with E-state index in [4.69, 9.17) is 21.4 Å². The highest BCUT2D eigenvalue weighted by atomic mass is 16.3. The lowest BCUT2D eigenvalue weighted by atomic mass is 10.1. The molecule has 0 unspecified atom stereocenters. The molecule has 0 aliphatic rings. The van der Waals surface area contributed by atoms with Crippen LogP contribution < -0.4 is 5.73 Å². The van der Waals surface area contributed by atoms with Crippen molar-refractivity contribution in [1.29, 1.82) is 5.41 Å². The van der Waals surface area contributed by atoms with Crippen molar-refractivity contribution in [2.45, 2.75) is 6.42 Å². The number of aromatic hydroxyl groups is 4. The molecule has 7 N–H and O–H groups in total. The molecule has 0 amide bonds. The Morgan fingerprint density at radius 3 is 1.93 bits per heavy atom. The van der Waals surface area contributed by atoms with Gasteiger partial charge in [0.25, 0.3) is 0 Å². The number of hydrogen-bond donors (Lipinski definition) is 6. The topological polar surface area (TPSA) is 131 Å². The number of rotatable bonds is 2. The monoisotopic (exact) mass is 198 g/mol. The van der Waals surface area contributed by atoms with E-state index in [0.717, 1.165) is 6.07 Å². The molecular formula is C8H10N2O4. The van der Waals surface area contributed by atoms with Crippen LogP contribution in [0.15, 0.2) is 6.07 Å². The van der Waals surface area contributed by atoms with E-state index >= 15 is 0 Å². The van der Waals surface area contributed by atoms with Gasteiger partial charge in [0.1, 0.15) is 0 Å². The number of nitrogens with two attached hydrogens (primary N) is 1. The van der Waals surface area contributed by atoms with Crippen molar-refractivity contribution in [2.75, 3.05) is 0 Å². The van der Waals surface area contributed by atoms with Gasteiger partial charge in [0, 0.05) is 12.5 Å². The van der Waals surface area contributed by atoms with E-state index in [1.807, 2.05) is 0 Å². The largest absolute Gasteiger partial charge is 0.504 e. The maximum atomic E-state index is 9.28. The van der Waals surface area contributed by atoms with Crippen LogP contribution in [-0.4, -0.2) is 26.3 Å². The van der Waals surface area contributed by atoms with E-state index in [9.17, 15) is 10.2 Å². The van der Waals surface area contributed by atoms with Crippen LogP contribution >= 0.6 is 0 Å². The van der Waals surface area contributed by atoms with E-state index in [0.29, 0.717) is 0 Å². The van der Waals surface area contributed by atoms with Gasteiger partial charge in [-0.05, 0) is 0 Å². The summed E-state index contributed by atoms with van der Waals surface area (Å²) >= 11 is 0. The smallest absolute Gasteiger partial charge is 0.165 e. The van der Waals surface area contributed by atoms with Crippen LogP contribution in [0.5, 0.6) is 23.0 Å². The molecule has 0 radical (unpaired) electrons. The highest BCUT2D eigenvalue weighted by Crippen LogP contribution is 2.41. The molecule has 76 valence electrons. The zero-order valence-corrected chi connectivity index (χ0v) is 7.15. The van der Waals surface area contributed by atoms with Crippen LogP contribution in [0.25, 0.3) is 0 Å². The van der Waals surface area contributed by atoms with Crippen molar-refractivity contribution in [2.24, 2.45) is 5.73 Å². The first-order valence-corrected chi connectivity index (χ1v) is 3.72. The molecule has 0 saturated heterocycles. The minimum atomic E-state index is -0.587. The van der Waals surface area contributed by atoms with Crippen molar-refractivity contribution in [3.05, 3.63) is 11.6 Å². The zero-order valence-electron chi connectivity index (χ0n) is 7.15. The SMILES string of the molecule is N=C(N)Cc1c(O)c(O)cc(O)c1O. The second kappa shape index (κ2) is 3.33. The minimum Gasteiger partial charge on any atom is -0.504 e. The first kappa shape index (κ1) is 9.97. The van der Waals surface area contributed by atoms with E-state index in [1.54, 1.807) is 0 Å². The molecule has 0 saturated carbocycles. The number of benzene rings is 1. The van der Waals surface area contributed by atoms with Gasteiger partial charge in [0.15, 0.2) is 23.0 Å². The molecule has 14 heavy (non-hydrogen) atoms. The Morgan fingerprint density at radius 2 is 1.57 bits per heavy atom. The van der Waals surface area contributed by atoms with Crippen molar-refractivity contribution < 1.29 is 20.4 Å². The first-order valence-electron chi connectivity index (χ1n) is 3.72. The van der Waals surface area contributed by atoms with Gasteiger partial charge >= 0.3 is 0 Å². The molecule has 6 heteroatoms. The van der Waals surface area contributed by atoms with Gasteiger partial charge in [0.2, 0.25) is 0 Å². The summed E-state index contributed by atoms with van der Waals surface area (Å²) in [5.41, 5.74) is 4.89. The van der Waals surface area contributed by atoms with Crippen LogP contribution in [0, 0.1) is 5.41 Å². The van der Waals surface area contributed by atoms with Gasteiger partial charge in [-0.25, -0.2) is 0 Å². The van der Waals surface area contributed by atoms with E-state index in [2.05, 4.69) is 0 Å². The predicted octanol–water partition coefficient (Wildman–Crippen LogP) is -0.0125. The van der Waals surface area contributed by atoms with Gasteiger partial charge in [-0.2, -0.15) is 0 Å². The van der Waals surface area contributed by atoms with Crippen molar-refractivity contribution in [3.63, 3.8) is 0 Å². The van der Waals surface area contributed by atoms with Gasteiger partial charge in [0.05, 0.1) is 11.4 Å². The van der Waals surface area contributed by atoms with E-state index in [-0.39, 0.29) is 17.8 Å². The number of phenols is 4. The molecule has 0 fully saturated rings. The Labute approximate surface area is 79.4 Å². The summed E-state index contributed by atoms with van der Waals surface area (Å²) in [7, 11) is 0. The Morgan fingerprint density at radius 1 is 1.14 bits per heavy atom. The van der Waals surface area contributed by atoms with Gasteiger partial charge in [-0.15, -0.1) is 0 Å². The summed E-state index contributed by atoms with van der Waals surface area (Å²) in [5, 5.41) is 43.7. The van der Waals surface area contributed by atoms with Crippen LogP contribution in [-0.2, 0) is 6.42 Å². The summed E-state index contributed by atoms with van der Waals surface area (Å²) in [6.07, 6.45) is -0.250. The number of hydrogen-bond acceptors (Lipinski definition) is 5. The molecular weight excluding hydrogens is 188 g/mol. The summed E-state index contributed by atoms with van der Waals surface area (Å²) < 4.78 is 0. The number of phenolic OH excluding ortho intramolecular Hbond substituents is 4. The quantitative estimate of drug-likeness (QED) is 0.172. The third kappa shape index (κ3) is 1.63. The fourth-order valence-electron chi connectivity index (χ4n) is 1.05. The Hall–Kier alpha value is -2.11. The van der Waals surface area contributed by atoms with E-state index in [1.165, 1.54) is 0 Å². The molecule has 0 aromatic heterocycles. The van der Waals surface area contributed by atoms with Crippen molar-refractivity contribution in [3.8, 4) is 23.0 Å². The predicted molar refractivity (Wildman–Crippen MR) is 48.7 cm³/mol. The molecule has 0 heterocycles. The van der Waals surface area contributed by atoms with Crippen molar-refractivity contribution in [1.82, 2.24) is 0 Å². The molecule has 0 atom stereocenters. The van der Waals surface area contributed by atoms with Gasteiger partial charge < -0.3 is 26.2 Å². The maximum Gasteiger partial charge on any atom is 0.165 e. The first-order chi connectivity index (χ1) is 6.43. The second-order valence-electron chi connectivity index (χ2n) is 2.79. The summed E-state index contributed by atoms with van der Waals surface area (Å²) in [5.74, 6) is -2.63. The fraction of sp³-hybridized carbons (Fsp3) is 0.125.